The zero-order valence-electron chi connectivity index (χ0n) is 12.2. The molecule has 1 atom stereocenters. The van der Waals surface area contributed by atoms with Crippen molar-refractivity contribution in [2.24, 2.45) is 5.73 Å². The molecule has 2 aromatic rings. The number of rotatable bonds is 5. The van der Waals surface area contributed by atoms with Gasteiger partial charge in [0.1, 0.15) is 17.3 Å². The molecule has 1 heterocycles. The number of nitrogens with one attached hydrogen (secondary N) is 1. The molecule has 0 aliphatic heterocycles. The number of carbonyl (C=O) groups excluding carboxylic acids is 1. The van der Waals surface area contributed by atoms with Gasteiger partial charge in [-0.15, -0.1) is 0 Å². The second-order valence-electron chi connectivity index (χ2n) is 4.71. The lowest BCUT2D eigenvalue weighted by molar-refractivity contribution is 0.103. The van der Waals surface area contributed by atoms with Gasteiger partial charge in [0.15, 0.2) is 0 Å². The summed E-state index contributed by atoms with van der Waals surface area (Å²) in [5.74, 6) is -0.820. The van der Waals surface area contributed by atoms with E-state index in [-0.39, 0.29) is 21.8 Å². The lowest BCUT2D eigenvalue weighted by atomic mass is 9.98. The van der Waals surface area contributed by atoms with Crippen LogP contribution in [0.2, 0.25) is 5.02 Å². The molecular formula is C15H16ClFN4O. The van der Waals surface area contributed by atoms with E-state index in [2.05, 4.69) is 15.3 Å². The highest BCUT2D eigenvalue weighted by Crippen LogP contribution is 2.28. The second-order valence-corrected chi connectivity index (χ2v) is 5.11. The minimum atomic E-state index is -0.702. The van der Waals surface area contributed by atoms with E-state index in [0.717, 1.165) is 0 Å². The van der Waals surface area contributed by atoms with Crippen LogP contribution in [0.25, 0.3) is 0 Å². The Hall–Kier alpha value is -2.05. The third-order valence-electron chi connectivity index (χ3n) is 3.33. The molecule has 0 radical (unpaired) electrons. The summed E-state index contributed by atoms with van der Waals surface area (Å²) in [7, 11) is 1.68. The lowest BCUT2D eigenvalue weighted by Gasteiger charge is -2.14. The van der Waals surface area contributed by atoms with Crippen LogP contribution in [0.4, 0.5) is 10.2 Å². The summed E-state index contributed by atoms with van der Waals surface area (Å²) in [5, 5.41) is 2.81. The molecule has 0 bridgehead atoms. The number of hydrogen-bond donors (Lipinski definition) is 2. The highest BCUT2D eigenvalue weighted by atomic mass is 35.5. The fourth-order valence-electron chi connectivity index (χ4n) is 1.99. The summed E-state index contributed by atoms with van der Waals surface area (Å²) in [6.45, 7) is 1.84. The normalized spacial score (nSPS) is 12.0. The third-order valence-corrected chi connectivity index (χ3v) is 3.64. The van der Waals surface area contributed by atoms with Gasteiger partial charge in [-0.25, -0.2) is 14.4 Å². The van der Waals surface area contributed by atoms with Gasteiger partial charge in [0, 0.05) is 18.7 Å². The Morgan fingerprint density at radius 2 is 2.14 bits per heavy atom. The summed E-state index contributed by atoms with van der Waals surface area (Å²) in [6, 6.07) is 2.47. The van der Waals surface area contributed by atoms with Gasteiger partial charge in [0.2, 0.25) is 5.78 Å². The van der Waals surface area contributed by atoms with Gasteiger partial charge in [-0.1, -0.05) is 24.6 Å². The monoisotopic (exact) mass is 322 g/mol. The van der Waals surface area contributed by atoms with Crippen LogP contribution in [0, 0.1) is 5.82 Å². The maximum Gasteiger partial charge on any atom is 0.217 e. The van der Waals surface area contributed by atoms with Gasteiger partial charge in [-0.3, -0.25) is 4.79 Å². The van der Waals surface area contributed by atoms with Crippen LogP contribution in [0.3, 0.4) is 0 Å². The van der Waals surface area contributed by atoms with Crippen molar-refractivity contribution in [2.75, 3.05) is 12.4 Å². The first kappa shape index (κ1) is 16.3. The topological polar surface area (TPSA) is 80.9 Å². The Labute approximate surface area is 132 Å². The van der Waals surface area contributed by atoms with Gasteiger partial charge in [0.25, 0.3) is 0 Å². The predicted molar refractivity (Wildman–Crippen MR) is 83.6 cm³/mol. The molecule has 2 rings (SSSR count). The van der Waals surface area contributed by atoms with Crippen LogP contribution >= 0.6 is 11.6 Å². The van der Waals surface area contributed by atoms with Crippen molar-refractivity contribution in [2.45, 2.75) is 19.4 Å². The summed E-state index contributed by atoms with van der Waals surface area (Å²) in [4.78, 5) is 20.4. The average Bonchev–Trinajstić information content (AvgIpc) is 2.54. The Morgan fingerprint density at radius 1 is 1.41 bits per heavy atom. The van der Waals surface area contributed by atoms with Crippen molar-refractivity contribution in [1.82, 2.24) is 9.97 Å². The Morgan fingerprint density at radius 3 is 2.68 bits per heavy atom. The van der Waals surface area contributed by atoms with Gasteiger partial charge in [0.05, 0.1) is 23.0 Å². The van der Waals surface area contributed by atoms with Crippen molar-refractivity contribution in [3.05, 3.63) is 52.2 Å². The van der Waals surface area contributed by atoms with E-state index >= 15 is 0 Å². The highest BCUT2D eigenvalue weighted by molar-refractivity contribution is 6.34. The summed E-state index contributed by atoms with van der Waals surface area (Å²) >= 11 is 5.99. The molecule has 3 N–H and O–H groups in total. The molecule has 22 heavy (non-hydrogen) atoms. The summed E-state index contributed by atoms with van der Waals surface area (Å²) < 4.78 is 14.6. The van der Waals surface area contributed by atoms with Crippen molar-refractivity contribution in [1.29, 1.82) is 0 Å². The fraction of sp³-hybridized carbons (Fsp3) is 0.267. The van der Waals surface area contributed by atoms with Gasteiger partial charge >= 0.3 is 0 Å². The standard InChI is InChI=1S/C15H16ClFN4O/c1-3-10(18)8-4-5-9(16)13(14(8)17)15(22)11-6-21-12(19-2)7-20-11/h4-7,10H,3,18H2,1-2H3,(H,19,21)/t10-/m1/s1. The molecule has 0 aliphatic rings. The Balaban J connectivity index is 2.48. The predicted octanol–water partition coefficient (Wildman–Crippen LogP) is 2.95. The van der Waals surface area contributed by atoms with E-state index in [1.165, 1.54) is 24.5 Å². The second kappa shape index (κ2) is 6.81. The van der Waals surface area contributed by atoms with E-state index in [1.807, 2.05) is 6.92 Å². The fourth-order valence-corrected chi connectivity index (χ4v) is 2.22. The minimum absolute atomic E-state index is 0.0158. The minimum Gasteiger partial charge on any atom is -0.372 e. The first-order valence-electron chi connectivity index (χ1n) is 6.77. The van der Waals surface area contributed by atoms with Gasteiger partial charge < -0.3 is 11.1 Å². The number of ketones is 1. The first-order valence-corrected chi connectivity index (χ1v) is 7.15. The largest absolute Gasteiger partial charge is 0.372 e. The van der Waals surface area contributed by atoms with Crippen molar-refractivity contribution >= 4 is 23.2 Å². The molecule has 7 heteroatoms. The molecule has 0 saturated carbocycles. The number of nitrogens with two attached hydrogens (primary N) is 1. The van der Waals surface area contributed by atoms with Gasteiger partial charge in [-0.05, 0) is 12.5 Å². The van der Waals surface area contributed by atoms with Crippen LogP contribution in [-0.4, -0.2) is 22.8 Å². The van der Waals surface area contributed by atoms with Gasteiger partial charge in [-0.2, -0.15) is 0 Å². The number of aromatic nitrogens is 2. The van der Waals surface area contributed by atoms with E-state index in [1.54, 1.807) is 7.05 Å². The van der Waals surface area contributed by atoms with Crippen molar-refractivity contribution in [3.63, 3.8) is 0 Å². The van der Waals surface area contributed by atoms with E-state index in [4.69, 9.17) is 17.3 Å². The number of anilines is 1. The number of benzene rings is 1. The summed E-state index contributed by atoms with van der Waals surface area (Å²) in [6.07, 6.45) is 3.21. The molecule has 5 nitrogen and oxygen atoms in total. The zero-order valence-corrected chi connectivity index (χ0v) is 13.0. The number of nitrogens with zero attached hydrogens (tertiary/aromatic N) is 2. The molecule has 0 amide bonds. The van der Waals surface area contributed by atoms with E-state index < -0.39 is 17.6 Å². The Bertz CT molecular complexity index is 691. The maximum atomic E-state index is 14.6. The molecule has 1 aromatic carbocycles. The van der Waals surface area contributed by atoms with E-state index in [9.17, 15) is 9.18 Å². The quantitative estimate of drug-likeness (QED) is 0.827. The van der Waals surface area contributed by atoms with E-state index in [0.29, 0.717) is 12.2 Å². The molecule has 0 unspecified atom stereocenters. The van der Waals surface area contributed by atoms with Crippen LogP contribution in [0.15, 0.2) is 24.5 Å². The number of carbonyl (C=O) groups is 1. The molecule has 0 saturated heterocycles. The van der Waals surface area contributed by atoms with Crippen molar-refractivity contribution < 1.29 is 9.18 Å². The number of hydrogen-bond acceptors (Lipinski definition) is 5. The zero-order chi connectivity index (χ0) is 16.3. The first-order chi connectivity index (χ1) is 10.5. The summed E-state index contributed by atoms with van der Waals surface area (Å²) in [5.41, 5.74) is 5.91. The molecule has 0 spiro atoms. The van der Waals surface area contributed by atoms with Crippen LogP contribution in [0.5, 0.6) is 0 Å². The Kier molecular flexibility index (Phi) is 5.05. The molecule has 0 fully saturated rings. The van der Waals surface area contributed by atoms with Crippen LogP contribution in [-0.2, 0) is 0 Å². The van der Waals surface area contributed by atoms with Crippen LogP contribution < -0.4 is 11.1 Å². The lowest BCUT2D eigenvalue weighted by Crippen LogP contribution is -2.15. The SMILES string of the molecule is CC[C@@H](N)c1ccc(Cl)c(C(=O)c2cnc(NC)cn2)c1F. The highest BCUT2D eigenvalue weighted by Gasteiger charge is 2.23. The molecule has 1 aromatic heterocycles. The molecular weight excluding hydrogens is 307 g/mol. The molecule has 0 aliphatic carbocycles. The smallest absolute Gasteiger partial charge is 0.217 e. The maximum absolute atomic E-state index is 14.6. The third kappa shape index (κ3) is 3.08. The molecule has 116 valence electrons. The number of halogens is 2. The average molecular weight is 323 g/mol. The van der Waals surface area contributed by atoms with Crippen LogP contribution in [0.1, 0.15) is 41.0 Å². The van der Waals surface area contributed by atoms with Crippen molar-refractivity contribution in [3.8, 4) is 0 Å².